The zero-order valence-corrected chi connectivity index (χ0v) is 10.7. The van der Waals surface area contributed by atoms with Crippen molar-refractivity contribution in [1.29, 1.82) is 0 Å². The number of methoxy groups -OCH3 is 1. The lowest BCUT2D eigenvalue weighted by Crippen LogP contribution is -1.91. The van der Waals surface area contributed by atoms with Crippen molar-refractivity contribution in [3.63, 3.8) is 0 Å². The van der Waals surface area contributed by atoms with Crippen LogP contribution in [0.15, 0.2) is 53.6 Å². The van der Waals surface area contributed by atoms with E-state index < -0.39 is 0 Å². The Hall–Kier alpha value is -2.00. The molecule has 0 bridgehead atoms. The van der Waals surface area contributed by atoms with Crippen LogP contribution in [0.3, 0.4) is 0 Å². The first-order chi connectivity index (χ1) is 8.79. The monoisotopic (exact) mass is 260 g/mol. The third-order valence-corrected chi connectivity index (χ3v) is 2.74. The second kappa shape index (κ2) is 6.07. The lowest BCUT2D eigenvalue weighted by atomic mass is 10.2. The Balaban J connectivity index is 2.00. The predicted octanol–water partition coefficient (Wildman–Crippen LogP) is 3.79. The summed E-state index contributed by atoms with van der Waals surface area (Å²) in [4.78, 5) is 0. The third-order valence-electron chi connectivity index (χ3n) is 2.39. The van der Waals surface area contributed by atoms with E-state index in [0.29, 0.717) is 5.02 Å². The van der Waals surface area contributed by atoms with Crippen molar-refractivity contribution in [2.24, 2.45) is 5.10 Å². The first kappa shape index (κ1) is 12.5. The van der Waals surface area contributed by atoms with Gasteiger partial charge in [-0.1, -0.05) is 29.8 Å². The smallest absolute Gasteiger partial charge is 0.119 e. The van der Waals surface area contributed by atoms with Gasteiger partial charge in [0.05, 0.1) is 19.0 Å². The van der Waals surface area contributed by atoms with Gasteiger partial charge in [-0.25, -0.2) is 0 Å². The molecule has 0 saturated heterocycles. The van der Waals surface area contributed by atoms with E-state index in [0.717, 1.165) is 17.0 Å². The number of nitrogens with one attached hydrogen (secondary N) is 1. The average Bonchev–Trinajstić information content (AvgIpc) is 2.42. The minimum absolute atomic E-state index is 0.679. The summed E-state index contributed by atoms with van der Waals surface area (Å²) in [5.74, 6) is 0.815. The van der Waals surface area contributed by atoms with Crippen molar-refractivity contribution in [2.45, 2.75) is 0 Å². The molecule has 0 atom stereocenters. The molecule has 0 heterocycles. The molecule has 2 rings (SSSR count). The zero-order valence-electron chi connectivity index (χ0n) is 9.93. The molecule has 0 aromatic heterocycles. The van der Waals surface area contributed by atoms with Crippen molar-refractivity contribution in [3.05, 3.63) is 59.1 Å². The van der Waals surface area contributed by atoms with Crippen molar-refractivity contribution >= 4 is 23.5 Å². The maximum atomic E-state index is 6.01. The summed E-state index contributed by atoms with van der Waals surface area (Å²) in [5.41, 5.74) is 4.69. The molecule has 92 valence electrons. The number of nitrogens with zero attached hydrogens (tertiary/aromatic N) is 1. The van der Waals surface area contributed by atoms with E-state index in [2.05, 4.69) is 10.5 Å². The van der Waals surface area contributed by atoms with Crippen molar-refractivity contribution in [1.82, 2.24) is 0 Å². The van der Waals surface area contributed by atoms with Gasteiger partial charge in [0.15, 0.2) is 0 Å². The molecule has 0 fully saturated rings. The molecule has 2 aromatic rings. The van der Waals surface area contributed by atoms with Gasteiger partial charge in [0.25, 0.3) is 0 Å². The van der Waals surface area contributed by atoms with E-state index in [1.54, 1.807) is 13.3 Å². The minimum atomic E-state index is 0.679. The van der Waals surface area contributed by atoms with Crippen molar-refractivity contribution < 1.29 is 4.74 Å². The molecule has 3 nitrogen and oxygen atoms in total. The fraction of sp³-hybridized carbons (Fsp3) is 0.0714. The maximum absolute atomic E-state index is 6.01. The number of hydrogen-bond acceptors (Lipinski definition) is 3. The Bertz CT molecular complexity index is 538. The van der Waals surface area contributed by atoms with E-state index in [-0.39, 0.29) is 0 Å². The van der Waals surface area contributed by atoms with E-state index in [1.807, 2.05) is 48.5 Å². The van der Waals surface area contributed by atoms with Crippen LogP contribution in [0.2, 0.25) is 5.02 Å². The summed E-state index contributed by atoms with van der Waals surface area (Å²) in [6, 6.07) is 15.1. The second-order valence-electron chi connectivity index (χ2n) is 3.62. The molecule has 0 aliphatic rings. The lowest BCUT2D eigenvalue weighted by Gasteiger charge is -2.02. The molecule has 2 aromatic carbocycles. The van der Waals surface area contributed by atoms with Gasteiger partial charge < -0.3 is 4.74 Å². The quantitative estimate of drug-likeness (QED) is 0.670. The van der Waals surface area contributed by atoms with Gasteiger partial charge in [0.2, 0.25) is 0 Å². The first-order valence-corrected chi connectivity index (χ1v) is 5.85. The Morgan fingerprint density at radius 3 is 2.50 bits per heavy atom. The Kier molecular flexibility index (Phi) is 4.20. The summed E-state index contributed by atoms with van der Waals surface area (Å²) < 4.78 is 5.08. The van der Waals surface area contributed by atoms with Crippen molar-refractivity contribution in [2.75, 3.05) is 12.5 Å². The minimum Gasteiger partial charge on any atom is -0.497 e. The number of hydrogen-bond donors (Lipinski definition) is 1. The summed E-state index contributed by atoms with van der Waals surface area (Å²) in [7, 11) is 1.64. The van der Waals surface area contributed by atoms with Crippen LogP contribution in [0, 0.1) is 0 Å². The molecule has 0 unspecified atom stereocenters. The molecule has 18 heavy (non-hydrogen) atoms. The molecule has 0 saturated carbocycles. The highest BCUT2D eigenvalue weighted by Crippen LogP contribution is 2.15. The van der Waals surface area contributed by atoms with Crippen molar-refractivity contribution in [3.8, 4) is 5.75 Å². The van der Waals surface area contributed by atoms with Crippen LogP contribution < -0.4 is 10.2 Å². The van der Waals surface area contributed by atoms with E-state index in [9.17, 15) is 0 Å². The van der Waals surface area contributed by atoms with Gasteiger partial charge in [-0.2, -0.15) is 5.10 Å². The van der Waals surface area contributed by atoms with Crippen LogP contribution in [0.25, 0.3) is 0 Å². The normalized spacial score (nSPS) is 10.6. The second-order valence-corrected chi connectivity index (χ2v) is 4.03. The number of benzene rings is 2. The molecule has 0 aliphatic carbocycles. The van der Waals surface area contributed by atoms with Gasteiger partial charge in [-0.05, 0) is 30.3 Å². The summed E-state index contributed by atoms with van der Waals surface area (Å²) in [6.07, 6.45) is 1.69. The molecule has 1 N–H and O–H groups in total. The molecule has 0 spiro atoms. The van der Waals surface area contributed by atoms with Crippen LogP contribution >= 0.6 is 11.6 Å². The van der Waals surface area contributed by atoms with Gasteiger partial charge >= 0.3 is 0 Å². The highest BCUT2D eigenvalue weighted by molar-refractivity contribution is 6.33. The SMILES string of the molecule is COc1ccc(N/N=C/c2ccccc2Cl)cc1. The molecule has 0 amide bonds. The summed E-state index contributed by atoms with van der Waals surface area (Å²) >= 11 is 6.01. The standard InChI is InChI=1S/C14H13ClN2O/c1-18-13-8-6-12(7-9-13)17-16-10-11-4-2-3-5-14(11)15/h2-10,17H,1H3/b16-10+. The molecule has 4 heteroatoms. The Labute approximate surface area is 111 Å². The fourth-order valence-corrected chi connectivity index (χ4v) is 1.61. The van der Waals surface area contributed by atoms with Gasteiger partial charge in [0, 0.05) is 10.6 Å². The van der Waals surface area contributed by atoms with Gasteiger partial charge in [-0.15, -0.1) is 0 Å². The number of halogens is 1. The Morgan fingerprint density at radius 2 is 1.83 bits per heavy atom. The zero-order chi connectivity index (χ0) is 12.8. The van der Waals surface area contributed by atoms with Crippen LogP contribution in [0.5, 0.6) is 5.75 Å². The lowest BCUT2D eigenvalue weighted by molar-refractivity contribution is 0.415. The van der Waals surface area contributed by atoms with Gasteiger partial charge in [0.1, 0.15) is 5.75 Å². The highest BCUT2D eigenvalue weighted by atomic mass is 35.5. The van der Waals surface area contributed by atoms with E-state index in [4.69, 9.17) is 16.3 Å². The number of anilines is 1. The highest BCUT2D eigenvalue weighted by Gasteiger charge is 1.94. The predicted molar refractivity (Wildman–Crippen MR) is 75.7 cm³/mol. The number of ether oxygens (including phenoxy) is 1. The van der Waals surface area contributed by atoms with Crippen LogP contribution in [-0.4, -0.2) is 13.3 Å². The first-order valence-electron chi connectivity index (χ1n) is 5.47. The summed E-state index contributed by atoms with van der Waals surface area (Å²) in [6.45, 7) is 0. The topological polar surface area (TPSA) is 33.6 Å². The van der Waals surface area contributed by atoms with Gasteiger partial charge in [-0.3, -0.25) is 5.43 Å². The number of hydrazone groups is 1. The molecular weight excluding hydrogens is 248 g/mol. The molecule has 0 aliphatic heterocycles. The van der Waals surface area contributed by atoms with E-state index in [1.165, 1.54) is 0 Å². The maximum Gasteiger partial charge on any atom is 0.119 e. The van der Waals surface area contributed by atoms with Crippen LogP contribution in [-0.2, 0) is 0 Å². The number of rotatable bonds is 4. The van der Waals surface area contributed by atoms with Crippen LogP contribution in [0.1, 0.15) is 5.56 Å². The molecular formula is C14H13ClN2O. The fourth-order valence-electron chi connectivity index (χ4n) is 1.42. The average molecular weight is 261 g/mol. The van der Waals surface area contributed by atoms with E-state index >= 15 is 0 Å². The Morgan fingerprint density at radius 1 is 1.11 bits per heavy atom. The summed E-state index contributed by atoms with van der Waals surface area (Å²) in [5, 5.41) is 4.81. The molecule has 0 radical (unpaired) electrons. The largest absolute Gasteiger partial charge is 0.497 e. The van der Waals surface area contributed by atoms with Crippen LogP contribution in [0.4, 0.5) is 5.69 Å². The third kappa shape index (κ3) is 3.25.